The summed E-state index contributed by atoms with van der Waals surface area (Å²) in [5.74, 6) is -3.50. The van der Waals surface area contributed by atoms with Crippen molar-refractivity contribution in [2.45, 2.75) is 89.3 Å². The third-order valence-electron chi connectivity index (χ3n) is 7.83. The zero-order valence-electron chi connectivity index (χ0n) is 20.8. The lowest BCUT2D eigenvalue weighted by molar-refractivity contribution is -0.143. The molecular weight excluding hydrogens is 500 g/mol. The van der Waals surface area contributed by atoms with Crippen molar-refractivity contribution in [2.24, 2.45) is 23.5 Å². The van der Waals surface area contributed by atoms with E-state index in [0.29, 0.717) is 12.1 Å². The first-order valence-corrected chi connectivity index (χ1v) is 12.6. The first-order chi connectivity index (χ1) is 16.5. The molecule has 2 saturated carbocycles. The van der Waals surface area contributed by atoms with Crippen molar-refractivity contribution in [1.29, 1.82) is 0 Å². The molecule has 0 aliphatic heterocycles. The Balaban J connectivity index is 0.00000456. The molecule has 10 heteroatoms. The highest BCUT2D eigenvalue weighted by Crippen LogP contribution is 2.42. The molecule has 0 saturated heterocycles. The van der Waals surface area contributed by atoms with Gasteiger partial charge in [-0.1, -0.05) is 64.2 Å². The van der Waals surface area contributed by atoms with Gasteiger partial charge in [0.05, 0.1) is 30.3 Å². The number of hydrogen-bond donors (Lipinski definition) is 2. The third-order valence-corrected chi connectivity index (χ3v) is 7.83. The first-order valence-electron chi connectivity index (χ1n) is 12.6. The standard InChI is InChI=1S/C26H36F4N2O3.ClH/c1-15(25(34)35-2)18-13-20(27)21(14-19(18)26(28,29)30)32-24(33)23(31)22(16-9-5-3-6-10-16)17-11-7-4-8-12-17;/h13-17,22-23H,3-12,31H2,1-2H3,(H,32,33);1H. The number of nitrogens with two attached hydrogens (primary N) is 1. The molecule has 2 fully saturated rings. The third kappa shape index (κ3) is 7.12. The van der Waals surface area contributed by atoms with Crippen molar-refractivity contribution in [3.05, 3.63) is 29.1 Å². The number of benzene rings is 1. The van der Waals surface area contributed by atoms with E-state index in [0.717, 1.165) is 71.3 Å². The van der Waals surface area contributed by atoms with Crippen LogP contribution in [0.25, 0.3) is 0 Å². The fourth-order valence-electron chi connectivity index (χ4n) is 5.99. The van der Waals surface area contributed by atoms with Crippen LogP contribution in [0.1, 0.15) is 88.2 Å². The summed E-state index contributed by atoms with van der Waals surface area (Å²) in [6.07, 6.45) is 5.66. The van der Waals surface area contributed by atoms with E-state index in [9.17, 15) is 27.2 Å². The number of nitrogens with one attached hydrogen (secondary N) is 1. The highest BCUT2D eigenvalue weighted by Gasteiger charge is 2.40. The number of esters is 1. The van der Waals surface area contributed by atoms with Gasteiger partial charge in [-0.2, -0.15) is 13.2 Å². The van der Waals surface area contributed by atoms with Crippen LogP contribution in [-0.4, -0.2) is 25.0 Å². The van der Waals surface area contributed by atoms with Crippen molar-refractivity contribution in [3.8, 4) is 0 Å². The Labute approximate surface area is 216 Å². The van der Waals surface area contributed by atoms with Gasteiger partial charge in [0.25, 0.3) is 0 Å². The molecule has 3 rings (SSSR count). The predicted octanol–water partition coefficient (Wildman–Crippen LogP) is 6.59. The maximum atomic E-state index is 14.9. The summed E-state index contributed by atoms with van der Waals surface area (Å²) in [6, 6.07) is 0.250. The number of halogens is 5. The van der Waals surface area contributed by atoms with Crippen molar-refractivity contribution >= 4 is 30.0 Å². The minimum absolute atomic E-state index is 0. The Kier molecular flexibility index (Phi) is 11.0. The number of carbonyl (C=O) groups is 2. The van der Waals surface area contributed by atoms with Gasteiger partial charge in [0.15, 0.2) is 0 Å². The summed E-state index contributed by atoms with van der Waals surface area (Å²) in [6.45, 7) is 1.21. The SMILES string of the molecule is COC(=O)C(C)c1cc(F)c(NC(=O)C(N)C(C2CCCCC2)C2CCCCC2)cc1C(F)(F)F.Cl. The van der Waals surface area contributed by atoms with E-state index in [1.54, 1.807) is 0 Å². The van der Waals surface area contributed by atoms with Crippen LogP contribution in [0.15, 0.2) is 12.1 Å². The van der Waals surface area contributed by atoms with Crippen LogP contribution in [0.2, 0.25) is 0 Å². The normalized spacial score (nSPS) is 19.3. The average Bonchev–Trinajstić information content (AvgIpc) is 2.84. The summed E-state index contributed by atoms with van der Waals surface area (Å²) < 4.78 is 60.8. The van der Waals surface area contributed by atoms with E-state index in [1.807, 2.05) is 0 Å². The number of methoxy groups -OCH3 is 1. The van der Waals surface area contributed by atoms with Crippen LogP contribution < -0.4 is 11.1 Å². The van der Waals surface area contributed by atoms with Crippen LogP contribution in [0.5, 0.6) is 0 Å². The summed E-state index contributed by atoms with van der Waals surface area (Å²) in [5, 5.41) is 2.34. The van der Waals surface area contributed by atoms with Gasteiger partial charge in [-0.05, 0) is 42.4 Å². The molecule has 0 aromatic heterocycles. The second-order valence-electron chi connectivity index (χ2n) is 10.1. The summed E-state index contributed by atoms with van der Waals surface area (Å²) >= 11 is 0. The molecule has 0 radical (unpaired) electrons. The second-order valence-corrected chi connectivity index (χ2v) is 10.1. The predicted molar refractivity (Wildman–Crippen MR) is 132 cm³/mol. The van der Waals surface area contributed by atoms with Crippen LogP contribution in [-0.2, 0) is 20.5 Å². The fraction of sp³-hybridized carbons (Fsp3) is 0.692. The number of amides is 1. The van der Waals surface area contributed by atoms with E-state index in [2.05, 4.69) is 10.1 Å². The molecule has 36 heavy (non-hydrogen) atoms. The minimum Gasteiger partial charge on any atom is -0.469 e. The largest absolute Gasteiger partial charge is 0.469 e. The molecule has 1 aromatic rings. The van der Waals surface area contributed by atoms with Crippen molar-refractivity contribution < 1.29 is 31.9 Å². The number of anilines is 1. The average molecular weight is 537 g/mol. The van der Waals surface area contributed by atoms with E-state index in [4.69, 9.17) is 5.73 Å². The Morgan fingerprint density at radius 2 is 1.50 bits per heavy atom. The van der Waals surface area contributed by atoms with Gasteiger partial charge in [-0.3, -0.25) is 9.59 Å². The molecule has 204 valence electrons. The fourth-order valence-corrected chi connectivity index (χ4v) is 5.99. The molecule has 1 amide bonds. The minimum atomic E-state index is -4.86. The topological polar surface area (TPSA) is 81.4 Å². The maximum Gasteiger partial charge on any atom is 0.416 e. The van der Waals surface area contributed by atoms with Crippen molar-refractivity contribution in [2.75, 3.05) is 12.4 Å². The molecular formula is C26H37ClF4N2O3. The molecule has 2 unspecified atom stereocenters. The Hall–Kier alpha value is -1.87. The van der Waals surface area contributed by atoms with E-state index in [-0.39, 0.29) is 30.2 Å². The Morgan fingerprint density at radius 3 is 1.94 bits per heavy atom. The van der Waals surface area contributed by atoms with Crippen molar-refractivity contribution in [3.63, 3.8) is 0 Å². The molecule has 2 aliphatic carbocycles. The maximum absolute atomic E-state index is 14.9. The molecule has 1 aromatic carbocycles. The lowest BCUT2D eigenvalue weighted by Gasteiger charge is -2.40. The quantitative estimate of drug-likeness (QED) is 0.304. The number of hydrogen-bond acceptors (Lipinski definition) is 4. The van der Waals surface area contributed by atoms with E-state index in [1.165, 1.54) is 6.92 Å². The van der Waals surface area contributed by atoms with Crippen LogP contribution in [0, 0.1) is 23.6 Å². The Bertz CT molecular complexity index is 882. The molecule has 2 aliphatic rings. The van der Waals surface area contributed by atoms with Crippen LogP contribution >= 0.6 is 12.4 Å². The molecule has 3 N–H and O–H groups in total. The zero-order chi connectivity index (χ0) is 25.8. The van der Waals surface area contributed by atoms with Crippen LogP contribution in [0.4, 0.5) is 23.2 Å². The monoisotopic (exact) mass is 536 g/mol. The highest BCUT2D eigenvalue weighted by molar-refractivity contribution is 5.95. The van der Waals surface area contributed by atoms with E-state index < -0.39 is 52.6 Å². The molecule has 2 atom stereocenters. The number of alkyl halides is 3. The van der Waals surface area contributed by atoms with Gasteiger partial charge in [0.2, 0.25) is 5.91 Å². The number of carbonyl (C=O) groups excluding carboxylic acids is 2. The lowest BCUT2D eigenvalue weighted by atomic mass is 9.66. The highest BCUT2D eigenvalue weighted by atomic mass is 35.5. The van der Waals surface area contributed by atoms with Gasteiger partial charge >= 0.3 is 12.1 Å². The molecule has 5 nitrogen and oxygen atoms in total. The van der Waals surface area contributed by atoms with Crippen molar-refractivity contribution in [1.82, 2.24) is 0 Å². The summed E-state index contributed by atoms with van der Waals surface area (Å²) in [7, 11) is 1.05. The van der Waals surface area contributed by atoms with Gasteiger partial charge in [-0.15, -0.1) is 12.4 Å². The van der Waals surface area contributed by atoms with Gasteiger partial charge in [-0.25, -0.2) is 4.39 Å². The van der Waals surface area contributed by atoms with Gasteiger partial charge in [0, 0.05) is 0 Å². The summed E-state index contributed by atoms with van der Waals surface area (Å²) in [4.78, 5) is 25.0. The van der Waals surface area contributed by atoms with E-state index >= 15 is 0 Å². The number of ether oxygens (including phenoxy) is 1. The molecule has 0 bridgehead atoms. The molecule has 0 spiro atoms. The lowest BCUT2D eigenvalue weighted by Crippen LogP contribution is -2.48. The van der Waals surface area contributed by atoms with Gasteiger partial charge in [0.1, 0.15) is 5.82 Å². The molecule has 0 heterocycles. The Morgan fingerprint density at radius 1 is 1.00 bits per heavy atom. The number of rotatable bonds is 7. The smallest absolute Gasteiger partial charge is 0.416 e. The second kappa shape index (κ2) is 13.1. The summed E-state index contributed by atoms with van der Waals surface area (Å²) in [5.41, 5.74) is 4.12. The van der Waals surface area contributed by atoms with Gasteiger partial charge < -0.3 is 15.8 Å². The van der Waals surface area contributed by atoms with Crippen LogP contribution in [0.3, 0.4) is 0 Å². The first kappa shape index (κ1) is 30.4. The zero-order valence-corrected chi connectivity index (χ0v) is 21.7.